The summed E-state index contributed by atoms with van der Waals surface area (Å²) in [5.41, 5.74) is 6.84. The molecular weight excluding hydrogens is 246 g/mol. The fourth-order valence-electron chi connectivity index (χ4n) is 2.20. The van der Waals surface area contributed by atoms with Crippen LogP contribution in [0, 0.1) is 0 Å². The average Bonchev–Trinajstić information content (AvgIpc) is 2.62. The fraction of sp³-hybridized carbons (Fsp3) is 0.538. The molecule has 1 unspecified atom stereocenters. The highest BCUT2D eigenvalue weighted by atomic mass is 16.5. The van der Waals surface area contributed by atoms with Gasteiger partial charge in [-0.05, 0) is 19.4 Å². The topological polar surface area (TPSA) is 77.7 Å². The number of aromatic nitrogens is 1. The van der Waals surface area contributed by atoms with Crippen LogP contribution in [0.25, 0.3) is 0 Å². The van der Waals surface area contributed by atoms with Crippen molar-refractivity contribution in [1.29, 1.82) is 0 Å². The van der Waals surface area contributed by atoms with Crippen LogP contribution >= 0.6 is 0 Å². The second-order valence-electron chi connectivity index (χ2n) is 4.60. The number of anilines is 2. The lowest BCUT2D eigenvalue weighted by Gasteiger charge is -2.25. The number of rotatable bonds is 2. The molecule has 1 aromatic heterocycles. The average molecular weight is 265 g/mol. The summed E-state index contributed by atoms with van der Waals surface area (Å²) in [5.74, 6) is -0.0924. The van der Waals surface area contributed by atoms with Crippen molar-refractivity contribution in [1.82, 2.24) is 4.98 Å². The molecule has 19 heavy (non-hydrogen) atoms. The van der Waals surface area contributed by atoms with Gasteiger partial charge >= 0.3 is 5.97 Å². The molecule has 2 N–H and O–H groups in total. The Morgan fingerprint density at radius 1 is 1.63 bits per heavy atom. The van der Waals surface area contributed by atoms with E-state index in [2.05, 4.69) is 9.88 Å². The van der Waals surface area contributed by atoms with Crippen LogP contribution in [0.4, 0.5) is 11.5 Å². The maximum atomic E-state index is 11.8. The first-order valence-corrected chi connectivity index (χ1v) is 6.32. The number of nitrogen functional groups attached to an aromatic ring is 1. The molecule has 0 radical (unpaired) electrons. The zero-order valence-electron chi connectivity index (χ0n) is 11.3. The molecule has 6 nitrogen and oxygen atoms in total. The van der Waals surface area contributed by atoms with Gasteiger partial charge in [0.1, 0.15) is 5.82 Å². The van der Waals surface area contributed by atoms with Gasteiger partial charge in [0.25, 0.3) is 0 Å². The van der Waals surface area contributed by atoms with Gasteiger partial charge < -0.3 is 20.1 Å². The van der Waals surface area contributed by atoms with Crippen LogP contribution in [-0.2, 0) is 9.47 Å². The quantitative estimate of drug-likeness (QED) is 0.806. The standard InChI is InChI=1S/C13H19N3O3/c1-9-8-16(4-3-5-19-9)11-7-15-12(14)6-10(11)13(17)18-2/h6-7,9H,3-5,8H2,1-2H3,(H2,14,15). The number of nitrogens with two attached hydrogens (primary N) is 1. The highest BCUT2D eigenvalue weighted by Gasteiger charge is 2.21. The van der Waals surface area contributed by atoms with Gasteiger partial charge in [-0.2, -0.15) is 0 Å². The van der Waals surface area contributed by atoms with Crippen LogP contribution in [0.5, 0.6) is 0 Å². The largest absolute Gasteiger partial charge is 0.465 e. The summed E-state index contributed by atoms with van der Waals surface area (Å²) in [5, 5.41) is 0. The van der Waals surface area contributed by atoms with Gasteiger partial charge in [-0.15, -0.1) is 0 Å². The highest BCUT2D eigenvalue weighted by Crippen LogP contribution is 2.24. The number of pyridine rings is 1. The van der Waals surface area contributed by atoms with E-state index in [0.29, 0.717) is 11.4 Å². The normalized spacial score (nSPS) is 19.9. The van der Waals surface area contributed by atoms with Crippen molar-refractivity contribution >= 4 is 17.5 Å². The molecule has 1 fully saturated rings. The molecule has 0 amide bonds. The van der Waals surface area contributed by atoms with E-state index < -0.39 is 5.97 Å². The maximum absolute atomic E-state index is 11.8. The lowest BCUT2D eigenvalue weighted by atomic mass is 10.2. The smallest absolute Gasteiger partial charge is 0.340 e. The predicted octanol–water partition coefficient (Wildman–Crippen LogP) is 1.07. The molecule has 1 aromatic rings. The predicted molar refractivity (Wildman–Crippen MR) is 72.2 cm³/mol. The van der Waals surface area contributed by atoms with E-state index in [1.807, 2.05) is 6.92 Å². The van der Waals surface area contributed by atoms with Crippen molar-refractivity contribution in [3.8, 4) is 0 Å². The minimum Gasteiger partial charge on any atom is -0.465 e. The lowest BCUT2D eigenvalue weighted by Crippen LogP contribution is -2.31. The number of carbonyl (C=O) groups is 1. The summed E-state index contributed by atoms with van der Waals surface area (Å²) in [4.78, 5) is 18.0. The van der Waals surface area contributed by atoms with E-state index in [4.69, 9.17) is 15.2 Å². The molecule has 0 aromatic carbocycles. The van der Waals surface area contributed by atoms with Gasteiger partial charge in [-0.25, -0.2) is 9.78 Å². The molecule has 104 valence electrons. The van der Waals surface area contributed by atoms with Crippen LogP contribution in [-0.4, -0.2) is 43.9 Å². The molecule has 1 saturated heterocycles. The van der Waals surface area contributed by atoms with Gasteiger partial charge in [-0.3, -0.25) is 0 Å². The van der Waals surface area contributed by atoms with Crippen LogP contribution in [0.3, 0.4) is 0 Å². The second kappa shape index (κ2) is 5.88. The van der Waals surface area contributed by atoms with Crippen molar-refractivity contribution in [2.75, 3.05) is 37.4 Å². The molecule has 1 atom stereocenters. The molecule has 0 spiro atoms. The Kier molecular flexibility index (Phi) is 4.21. The number of methoxy groups -OCH3 is 1. The summed E-state index contributed by atoms with van der Waals surface area (Å²) in [6.07, 6.45) is 2.65. The minimum atomic E-state index is -0.401. The van der Waals surface area contributed by atoms with Gasteiger partial charge in [0.05, 0.1) is 30.7 Å². The van der Waals surface area contributed by atoms with E-state index in [0.717, 1.165) is 31.8 Å². The Hall–Kier alpha value is -1.82. The molecule has 0 aliphatic carbocycles. The summed E-state index contributed by atoms with van der Waals surface area (Å²) in [6.45, 7) is 4.28. The second-order valence-corrected chi connectivity index (χ2v) is 4.60. The molecular formula is C13H19N3O3. The van der Waals surface area contributed by atoms with Crippen molar-refractivity contribution in [2.24, 2.45) is 0 Å². The number of esters is 1. The number of hydrogen-bond acceptors (Lipinski definition) is 6. The summed E-state index contributed by atoms with van der Waals surface area (Å²) in [7, 11) is 1.36. The van der Waals surface area contributed by atoms with Crippen molar-refractivity contribution in [3.05, 3.63) is 17.8 Å². The highest BCUT2D eigenvalue weighted by molar-refractivity contribution is 5.96. The minimum absolute atomic E-state index is 0.116. The van der Waals surface area contributed by atoms with Gasteiger partial charge in [0.15, 0.2) is 0 Å². The van der Waals surface area contributed by atoms with Crippen LogP contribution in [0.2, 0.25) is 0 Å². The number of nitrogens with zero attached hydrogens (tertiary/aromatic N) is 2. The zero-order chi connectivity index (χ0) is 13.8. The van der Waals surface area contributed by atoms with Crippen LogP contribution in [0.15, 0.2) is 12.3 Å². The first-order chi connectivity index (χ1) is 9.11. The monoisotopic (exact) mass is 265 g/mol. The molecule has 1 aliphatic rings. The third-order valence-corrected chi connectivity index (χ3v) is 3.10. The Labute approximate surface area is 112 Å². The molecule has 2 heterocycles. The van der Waals surface area contributed by atoms with Crippen LogP contribution in [0.1, 0.15) is 23.7 Å². The number of carbonyl (C=O) groups excluding carboxylic acids is 1. The summed E-state index contributed by atoms with van der Waals surface area (Å²) >= 11 is 0. The Bertz CT molecular complexity index is 464. The molecule has 1 aliphatic heterocycles. The first-order valence-electron chi connectivity index (χ1n) is 6.32. The van der Waals surface area contributed by atoms with Gasteiger partial charge in [0, 0.05) is 19.7 Å². The maximum Gasteiger partial charge on any atom is 0.340 e. The Morgan fingerprint density at radius 2 is 2.42 bits per heavy atom. The van der Waals surface area contributed by atoms with E-state index in [1.54, 1.807) is 12.3 Å². The zero-order valence-corrected chi connectivity index (χ0v) is 11.3. The van der Waals surface area contributed by atoms with E-state index >= 15 is 0 Å². The molecule has 0 bridgehead atoms. The summed E-state index contributed by atoms with van der Waals surface area (Å²) < 4.78 is 10.4. The number of ether oxygens (including phenoxy) is 2. The summed E-state index contributed by atoms with van der Waals surface area (Å²) in [6, 6.07) is 1.55. The van der Waals surface area contributed by atoms with Crippen molar-refractivity contribution in [2.45, 2.75) is 19.4 Å². The molecule has 0 saturated carbocycles. The molecule has 6 heteroatoms. The van der Waals surface area contributed by atoms with E-state index in [-0.39, 0.29) is 6.10 Å². The van der Waals surface area contributed by atoms with Crippen LogP contribution < -0.4 is 10.6 Å². The SMILES string of the molecule is COC(=O)c1cc(N)ncc1N1CCCOC(C)C1. The third kappa shape index (κ3) is 3.14. The Balaban J connectivity index is 2.34. The third-order valence-electron chi connectivity index (χ3n) is 3.10. The first kappa shape index (κ1) is 13.6. The fourth-order valence-corrected chi connectivity index (χ4v) is 2.20. The van der Waals surface area contributed by atoms with E-state index in [9.17, 15) is 4.79 Å². The number of hydrogen-bond donors (Lipinski definition) is 1. The Morgan fingerprint density at radius 3 is 3.16 bits per heavy atom. The lowest BCUT2D eigenvalue weighted by molar-refractivity contribution is 0.0600. The molecule has 2 rings (SSSR count). The van der Waals surface area contributed by atoms with Gasteiger partial charge in [-0.1, -0.05) is 0 Å². The van der Waals surface area contributed by atoms with E-state index in [1.165, 1.54) is 7.11 Å². The van der Waals surface area contributed by atoms with Crippen molar-refractivity contribution in [3.63, 3.8) is 0 Å². The van der Waals surface area contributed by atoms with Crippen molar-refractivity contribution < 1.29 is 14.3 Å². The van der Waals surface area contributed by atoms with Gasteiger partial charge in [0.2, 0.25) is 0 Å².